The standard InChI is InChI=1S/C25H20ClF3N4O3/c1-2-31-12-15(25(35)36)24(34)20-14-10-18(21(26)22(29)23(14)30-11-19(20)31)33-7-5-32(6-8-33)13-3-4-16(27)17(28)9-13/h3-4,9-12H,2,5-8H2,1H3,(H,35,36). The lowest BCUT2D eigenvalue weighted by atomic mass is 10.0. The van der Waals surface area contributed by atoms with Crippen LogP contribution in [0.1, 0.15) is 17.3 Å². The molecule has 7 nitrogen and oxygen atoms in total. The van der Waals surface area contributed by atoms with Crippen molar-refractivity contribution in [2.75, 3.05) is 36.0 Å². The average Bonchev–Trinajstić information content (AvgIpc) is 2.87. The minimum Gasteiger partial charge on any atom is -0.477 e. The van der Waals surface area contributed by atoms with Crippen LogP contribution in [0.3, 0.4) is 0 Å². The summed E-state index contributed by atoms with van der Waals surface area (Å²) in [5.41, 5.74) is -0.0287. The first-order valence-corrected chi connectivity index (χ1v) is 11.6. The maximum atomic E-state index is 15.4. The summed E-state index contributed by atoms with van der Waals surface area (Å²) >= 11 is 6.39. The molecular formula is C25H20ClF3N4O3. The molecule has 0 unspecified atom stereocenters. The first kappa shape index (κ1) is 23.9. The Morgan fingerprint density at radius 3 is 2.42 bits per heavy atom. The lowest BCUT2D eigenvalue weighted by Gasteiger charge is -2.38. The molecule has 0 bridgehead atoms. The maximum Gasteiger partial charge on any atom is 0.341 e. The van der Waals surface area contributed by atoms with Gasteiger partial charge in [0.05, 0.1) is 22.8 Å². The van der Waals surface area contributed by atoms with Crippen molar-refractivity contribution < 1.29 is 23.1 Å². The van der Waals surface area contributed by atoms with E-state index in [1.54, 1.807) is 17.6 Å². The summed E-state index contributed by atoms with van der Waals surface area (Å²) in [4.78, 5) is 32.7. The second kappa shape index (κ2) is 9.02. The minimum atomic E-state index is -1.38. The normalized spacial score (nSPS) is 14.1. The summed E-state index contributed by atoms with van der Waals surface area (Å²) < 4.78 is 44.0. The third-order valence-electron chi connectivity index (χ3n) is 6.53. The molecule has 0 atom stereocenters. The number of carboxylic acids is 1. The van der Waals surface area contributed by atoms with Gasteiger partial charge in [0.2, 0.25) is 5.43 Å². The number of pyridine rings is 2. The Balaban J connectivity index is 1.60. The van der Waals surface area contributed by atoms with E-state index in [1.807, 2.05) is 9.80 Å². The van der Waals surface area contributed by atoms with Crippen molar-refractivity contribution in [3.8, 4) is 0 Å². The van der Waals surface area contributed by atoms with Gasteiger partial charge >= 0.3 is 5.97 Å². The molecule has 4 aromatic rings. The zero-order valence-corrected chi connectivity index (χ0v) is 19.8. The summed E-state index contributed by atoms with van der Waals surface area (Å²) in [6.45, 7) is 3.81. The monoisotopic (exact) mass is 516 g/mol. The van der Waals surface area contributed by atoms with Crippen molar-refractivity contribution in [3.63, 3.8) is 0 Å². The van der Waals surface area contributed by atoms with Crippen LogP contribution in [0.25, 0.3) is 21.8 Å². The fraction of sp³-hybridized carbons (Fsp3) is 0.240. The maximum absolute atomic E-state index is 15.4. The molecule has 1 fully saturated rings. The molecule has 1 N–H and O–H groups in total. The van der Waals surface area contributed by atoms with Crippen LogP contribution in [0.4, 0.5) is 24.5 Å². The topological polar surface area (TPSA) is 78.7 Å². The Morgan fingerprint density at radius 2 is 1.78 bits per heavy atom. The predicted octanol–water partition coefficient (Wildman–Crippen LogP) is 4.67. The zero-order chi connectivity index (χ0) is 25.7. The van der Waals surface area contributed by atoms with Crippen LogP contribution < -0.4 is 15.2 Å². The summed E-state index contributed by atoms with van der Waals surface area (Å²) in [6.07, 6.45) is 2.60. The van der Waals surface area contributed by atoms with Gasteiger partial charge in [0.25, 0.3) is 0 Å². The number of rotatable bonds is 4. The van der Waals surface area contributed by atoms with Gasteiger partial charge in [0, 0.05) is 56.1 Å². The molecule has 186 valence electrons. The van der Waals surface area contributed by atoms with Crippen LogP contribution in [-0.2, 0) is 6.54 Å². The molecule has 0 saturated carbocycles. The van der Waals surface area contributed by atoms with E-state index in [4.69, 9.17) is 11.6 Å². The van der Waals surface area contributed by atoms with Crippen molar-refractivity contribution >= 4 is 50.8 Å². The lowest BCUT2D eigenvalue weighted by molar-refractivity contribution is 0.0695. The number of carbonyl (C=O) groups is 1. The van der Waals surface area contributed by atoms with Gasteiger partial charge in [-0.25, -0.2) is 18.0 Å². The van der Waals surface area contributed by atoms with Gasteiger partial charge < -0.3 is 19.5 Å². The molecule has 36 heavy (non-hydrogen) atoms. The molecular weight excluding hydrogens is 497 g/mol. The molecule has 0 spiro atoms. The first-order chi connectivity index (χ1) is 17.2. The summed E-state index contributed by atoms with van der Waals surface area (Å²) in [7, 11) is 0. The third kappa shape index (κ3) is 3.81. The van der Waals surface area contributed by atoms with Crippen LogP contribution in [0.15, 0.2) is 41.5 Å². The highest BCUT2D eigenvalue weighted by Crippen LogP contribution is 2.37. The Morgan fingerprint density at radius 1 is 1.08 bits per heavy atom. The number of fused-ring (bicyclic) bond motifs is 3. The van der Waals surface area contributed by atoms with E-state index in [-0.39, 0.29) is 21.3 Å². The number of piperazine rings is 1. The summed E-state index contributed by atoms with van der Waals surface area (Å²) in [6, 6.07) is 5.26. The van der Waals surface area contributed by atoms with Crippen LogP contribution in [-0.4, -0.2) is 46.8 Å². The number of hydrogen-bond donors (Lipinski definition) is 1. The number of benzene rings is 2. The molecule has 2 aromatic carbocycles. The van der Waals surface area contributed by atoms with E-state index >= 15 is 4.39 Å². The molecule has 11 heteroatoms. The molecule has 1 aliphatic heterocycles. The number of halogens is 4. The third-order valence-corrected chi connectivity index (χ3v) is 6.89. The highest BCUT2D eigenvalue weighted by molar-refractivity contribution is 6.34. The molecule has 3 heterocycles. The first-order valence-electron chi connectivity index (χ1n) is 11.2. The fourth-order valence-electron chi connectivity index (χ4n) is 4.65. The predicted molar refractivity (Wildman–Crippen MR) is 132 cm³/mol. The van der Waals surface area contributed by atoms with Crippen LogP contribution in [0, 0.1) is 17.5 Å². The van der Waals surface area contributed by atoms with E-state index < -0.39 is 34.4 Å². The van der Waals surface area contributed by atoms with E-state index in [0.717, 1.165) is 12.1 Å². The largest absolute Gasteiger partial charge is 0.477 e. The van der Waals surface area contributed by atoms with Gasteiger partial charge in [-0.05, 0) is 25.1 Å². The number of aryl methyl sites for hydroxylation is 1. The SMILES string of the molecule is CCn1cc(C(=O)O)c(=O)c2c3cc(N4CCN(c5ccc(F)c(F)c5)CC4)c(Cl)c(F)c3ncc21. The molecule has 0 aliphatic carbocycles. The fourth-order valence-corrected chi connectivity index (χ4v) is 4.92. The van der Waals surface area contributed by atoms with Crippen LogP contribution in [0.5, 0.6) is 0 Å². The number of aromatic carboxylic acids is 1. The second-order valence-electron chi connectivity index (χ2n) is 8.47. The van der Waals surface area contributed by atoms with Crippen LogP contribution in [0.2, 0.25) is 5.02 Å². The Hall–Kier alpha value is -3.79. The van der Waals surface area contributed by atoms with Gasteiger partial charge in [-0.15, -0.1) is 0 Å². The number of aromatic nitrogens is 2. The number of nitrogens with zero attached hydrogens (tertiary/aromatic N) is 4. The molecule has 1 saturated heterocycles. The van der Waals surface area contributed by atoms with Crippen molar-refractivity contribution in [3.05, 3.63) is 74.9 Å². The molecule has 0 amide bonds. The lowest BCUT2D eigenvalue weighted by Crippen LogP contribution is -2.46. The van der Waals surface area contributed by atoms with Gasteiger partial charge in [0.1, 0.15) is 16.1 Å². The van der Waals surface area contributed by atoms with E-state index in [1.165, 1.54) is 18.5 Å². The van der Waals surface area contributed by atoms with Crippen LogP contribution >= 0.6 is 11.6 Å². The number of carboxylic acid groups (broad SMARTS) is 1. The van der Waals surface area contributed by atoms with Crippen molar-refractivity contribution in [2.24, 2.45) is 0 Å². The molecule has 0 radical (unpaired) electrons. The second-order valence-corrected chi connectivity index (χ2v) is 8.85. The molecule has 1 aliphatic rings. The number of anilines is 2. The van der Waals surface area contributed by atoms with Gasteiger partial charge in [-0.1, -0.05) is 11.6 Å². The quantitative estimate of drug-likeness (QED) is 0.397. The van der Waals surface area contributed by atoms with E-state index in [0.29, 0.717) is 49.6 Å². The molecule has 5 rings (SSSR count). The highest BCUT2D eigenvalue weighted by Gasteiger charge is 2.25. The van der Waals surface area contributed by atoms with E-state index in [9.17, 15) is 23.5 Å². The summed E-state index contributed by atoms with van der Waals surface area (Å²) in [5, 5.41) is 9.60. The smallest absolute Gasteiger partial charge is 0.341 e. The van der Waals surface area contributed by atoms with Crippen molar-refractivity contribution in [1.29, 1.82) is 0 Å². The zero-order valence-electron chi connectivity index (χ0n) is 19.1. The van der Waals surface area contributed by atoms with Gasteiger partial charge in [-0.3, -0.25) is 9.78 Å². The van der Waals surface area contributed by atoms with Crippen molar-refractivity contribution in [2.45, 2.75) is 13.5 Å². The summed E-state index contributed by atoms with van der Waals surface area (Å²) in [5.74, 6) is -4.05. The van der Waals surface area contributed by atoms with Gasteiger partial charge in [-0.2, -0.15) is 0 Å². The highest BCUT2D eigenvalue weighted by atomic mass is 35.5. The minimum absolute atomic E-state index is 0.0546. The van der Waals surface area contributed by atoms with Gasteiger partial charge in [0.15, 0.2) is 17.5 Å². The Kier molecular flexibility index (Phi) is 5.99. The number of hydrogen-bond acceptors (Lipinski definition) is 5. The molecule has 2 aromatic heterocycles. The Bertz CT molecular complexity index is 1600. The Labute approximate surface area is 207 Å². The van der Waals surface area contributed by atoms with E-state index in [2.05, 4.69) is 4.98 Å². The average molecular weight is 517 g/mol. The van der Waals surface area contributed by atoms with Crippen molar-refractivity contribution in [1.82, 2.24) is 9.55 Å².